The molecule has 0 saturated carbocycles. The Hall–Kier alpha value is -2.54. The van der Waals surface area contributed by atoms with Crippen LogP contribution in [0.2, 0.25) is 0 Å². The highest BCUT2D eigenvalue weighted by Gasteiger charge is 2.17. The van der Waals surface area contributed by atoms with Crippen molar-refractivity contribution in [3.05, 3.63) is 58.1 Å². The average molecular weight is 318 g/mol. The standard InChI is InChI=1S/C15H14N2O4S/c1-21-12-5-3-4-11(9-12)16-15(18)10-6-7-14(22-2)13(8-10)17(19)20/h3-9H,1-2H3,(H,16,18). The Morgan fingerprint density at radius 1 is 1.27 bits per heavy atom. The lowest BCUT2D eigenvalue weighted by atomic mass is 10.2. The third kappa shape index (κ3) is 3.56. The molecule has 2 aromatic rings. The molecule has 6 nitrogen and oxygen atoms in total. The van der Waals surface area contributed by atoms with Gasteiger partial charge in [-0.25, -0.2) is 0 Å². The topological polar surface area (TPSA) is 81.5 Å². The van der Waals surface area contributed by atoms with E-state index in [1.165, 1.54) is 24.9 Å². The van der Waals surface area contributed by atoms with Gasteiger partial charge in [0.25, 0.3) is 11.6 Å². The zero-order valence-corrected chi connectivity index (χ0v) is 12.8. The number of thioether (sulfide) groups is 1. The molecule has 0 aromatic heterocycles. The predicted octanol–water partition coefficient (Wildman–Crippen LogP) is 3.58. The summed E-state index contributed by atoms with van der Waals surface area (Å²) >= 11 is 1.26. The third-order valence-corrected chi connectivity index (χ3v) is 3.75. The maximum atomic E-state index is 12.2. The minimum atomic E-state index is -0.492. The number of nitro benzene ring substituents is 1. The molecule has 2 aromatic carbocycles. The molecular formula is C15H14N2O4S. The largest absolute Gasteiger partial charge is 0.497 e. The normalized spacial score (nSPS) is 10.1. The predicted molar refractivity (Wildman–Crippen MR) is 85.8 cm³/mol. The monoisotopic (exact) mass is 318 g/mol. The number of rotatable bonds is 5. The van der Waals surface area contributed by atoms with Crippen molar-refractivity contribution in [3.8, 4) is 5.75 Å². The number of ether oxygens (including phenoxy) is 1. The smallest absolute Gasteiger partial charge is 0.283 e. The van der Waals surface area contributed by atoms with E-state index in [0.717, 1.165) is 0 Å². The summed E-state index contributed by atoms with van der Waals surface area (Å²) in [6.07, 6.45) is 1.75. The summed E-state index contributed by atoms with van der Waals surface area (Å²) < 4.78 is 5.08. The number of nitrogens with zero attached hydrogens (tertiary/aromatic N) is 1. The maximum absolute atomic E-state index is 12.2. The van der Waals surface area contributed by atoms with E-state index in [1.807, 2.05) is 0 Å². The minimum Gasteiger partial charge on any atom is -0.497 e. The third-order valence-electron chi connectivity index (χ3n) is 2.97. The van der Waals surface area contributed by atoms with E-state index in [4.69, 9.17) is 4.74 Å². The van der Waals surface area contributed by atoms with E-state index in [0.29, 0.717) is 16.3 Å². The average Bonchev–Trinajstić information content (AvgIpc) is 2.54. The van der Waals surface area contributed by atoms with Gasteiger partial charge in [0, 0.05) is 23.4 Å². The van der Waals surface area contributed by atoms with Gasteiger partial charge in [-0.2, -0.15) is 0 Å². The second-order valence-corrected chi connectivity index (χ2v) is 5.18. The van der Waals surface area contributed by atoms with Gasteiger partial charge in [-0.1, -0.05) is 6.07 Å². The van der Waals surface area contributed by atoms with Crippen LogP contribution in [0.4, 0.5) is 11.4 Å². The Kier molecular flexibility index (Phi) is 5.00. The summed E-state index contributed by atoms with van der Waals surface area (Å²) in [5.74, 6) is 0.200. The van der Waals surface area contributed by atoms with Crippen molar-refractivity contribution < 1.29 is 14.5 Å². The fourth-order valence-corrected chi connectivity index (χ4v) is 2.42. The lowest BCUT2D eigenvalue weighted by Crippen LogP contribution is -2.12. The fourth-order valence-electron chi connectivity index (χ4n) is 1.88. The van der Waals surface area contributed by atoms with E-state index >= 15 is 0 Å². The highest BCUT2D eigenvalue weighted by molar-refractivity contribution is 7.98. The first-order valence-electron chi connectivity index (χ1n) is 6.33. The molecule has 114 valence electrons. The molecule has 0 saturated heterocycles. The number of methoxy groups -OCH3 is 1. The van der Waals surface area contributed by atoms with Crippen molar-refractivity contribution >= 4 is 29.0 Å². The van der Waals surface area contributed by atoms with Crippen LogP contribution in [-0.2, 0) is 0 Å². The number of anilines is 1. The second-order valence-electron chi connectivity index (χ2n) is 4.33. The number of nitrogens with one attached hydrogen (secondary N) is 1. The van der Waals surface area contributed by atoms with Crippen molar-refractivity contribution in [3.63, 3.8) is 0 Å². The van der Waals surface area contributed by atoms with Gasteiger partial charge in [0.05, 0.1) is 16.9 Å². The quantitative estimate of drug-likeness (QED) is 0.518. The van der Waals surface area contributed by atoms with Crippen LogP contribution >= 0.6 is 11.8 Å². The van der Waals surface area contributed by atoms with E-state index in [9.17, 15) is 14.9 Å². The first-order chi connectivity index (χ1) is 10.5. The molecule has 0 aliphatic rings. The Morgan fingerprint density at radius 3 is 2.68 bits per heavy atom. The summed E-state index contributed by atoms with van der Waals surface area (Å²) in [4.78, 5) is 23.3. The van der Waals surface area contributed by atoms with Crippen LogP contribution in [0.5, 0.6) is 5.75 Å². The minimum absolute atomic E-state index is 0.0780. The molecule has 1 N–H and O–H groups in total. The summed E-state index contributed by atoms with van der Waals surface area (Å²) in [5.41, 5.74) is 0.707. The molecule has 0 aliphatic carbocycles. The lowest BCUT2D eigenvalue weighted by molar-refractivity contribution is -0.387. The van der Waals surface area contributed by atoms with Gasteiger partial charge in [-0.05, 0) is 30.5 Å². The maximum Gasteiger partial charge on any atom is 0.283 e. The SMILES string of the molecule is COc1cccc(NC(=O)c2ccc(SC)c([N+](=O)[O-])c2)c1. The number of nitro groups is 1. The highest BCUT2D eigenvalue weighted by Crippen LogP contribution is 2.28. The van der Waals surface area contributed by atoms with Gasteiger partial charge in [0.2, 0.25) is 0 Å². The molecule has 0 unspecified atom stereocenters. The summed E-state index contributed by atoms with van der Waals surface area (Å²) in [6.45, 7) is 0. The van der Waals surface area contributed by atoms with Crippen molar-refractivity contribution in [1.82, 2.24) is 0 Å². The van der Waals surface area contributed by atoms with Gasteiger partial charge in [-0.3, -0.25) is 14.9 Å². The lowest BCUT2D eigenvalue weighted by Gasteiger charge is -2.08. The highest BCUT2D eigenvalue weighted by atomic mass is 32.2. The first kappa shape index (κ1) is 15.8. The van der Waals surface area contributed by atoms with Crippen LogP contribution in [0.25, 0.3) is 0 Å². The number of hydrogen-bond acceptors (Lipinski definition) is 5. The molecule has 7 heteroatoms. The zero-order valence-electron chi connectivity index (χ0n) is 12.0. The second kappa shape index (κ2) is 6.95. The molecule has 0 atom stereocenters. The van der Waals surface area contributed by atoms with Gasteiger partial charge in [-0.15, -0.1) is 11.8 Å². The van der Waals surface area contributed by atoms with E-state index in [-0.39, 0.29) is 11.3 Å². The molecule has 0 spiro atoms. The number of hydrogen-bond donors (Lipinski definition) is 1. The Balaban J connectivity index is 2.25. The summed E-state index contributed by atoms with van der Waals surface area (Å²) in [7, 11) is 1.53. The fraction of sp³-hybridized carbons (Fsp3) is 0.133. The molecule has 0 bridgehead atoms. The number of amides is 1. The van der Waals surface area contributed by atoms with Crippen LogP contribution < -0.4 is 10.1 Å². The van der Waals surface area contributed by atoms with Crippen molar-refractivity contribution in [2.45, 2.75) is 4.90 Å². The number of carbonyl (C=O) groups is 1. The molecule has 0 radical (unpaired) electrons. The van der Waals surface area contributed by atoms with Crippen molar-refractivity contribution in [1.29, 1.82) is 0 Å². The van der Waals surface area contributed by atoms with Gasteiger partial charge in [0.15, 0.2) is 0 Å². The Morgan fingerprint density at radius 2 is 2.05 bits per heavy atom. The Labute approximate surface area is 131 Å². The van der Waals surface area contributed by atoms with E-state index in [2.05, 4.69) is 5.32 Å². The molecule has 2 rings (SSSR count). The van der Waals surface area contributed by atoms with Crippen molar-refractivity contribution in [2.24, 2.45) is 0 Å². The molecular weight excluding hydrogens is 304 g/mol. The van der Waals surface area contributed by atoms with Crippen LogP contribution in [0.3, 0.4) is 0 Å². The van der Waals surface area contributed by atoms with Gasteiger partial charge >= 0.3 is 0 Å². The summed E-state index contributed by atoms with van der Waals surface area (Å²) in [6, 6.07) is 11.3. The summed E-state index contributed by atoms with van der Waals surface area (Å²) in [5, 5.41) is 13.7. The molecule has 1 amide bonds. The van der Waals surface area contributed by atoms with Crippen LogP contribution in [-0.4, -0.2) is 24.2 Å². The van der Waals surface area contributed by atoms with Crippen molar-refractivity contribution in [2.75, 3.05) is 18.7 Å². The molecule has 22 heavy (non-hydrogen) atoms. The molecule has 0 aliphatic heterocycles. The van der Waals surface area contributed by atoms with Gasteiger partial charge in [0.1, 0.15) is 5.75 Å². The van der Waals surface area contributed by atoms with E-state index < -0.39 is 10.8 Å². The number of benzene rings is 2. The first-order valence-corrected chi connectivity index (χ1v) is 7.55. The Bertz CT molecular complexity index is 718. The van der Waals surface area contributed by atoms with E-state index in [1.54, 1.807) is 42.7 Å². The van der Waals surface area contributed by atoms with Crippen LogP contribution in [0, 0.1) is 10.1 Å². The molecule has 0 fully saturated rings. The molecule has 0 heterocycles. The van der Waals surface area contributed by atoms with Crippen LogP contribution in [0.1, 0.15) is 10.4 Å². The van der Waals surface area contributed by atoms with Gasteiger partial charge < -0.3 is 10.1 Å². The zero-order chi connectivity index (χ0) is 16.1. The number of carbonyl (C=O) groups excluding carboxylic acids is 1. The van der Waals surface area contributed by atoms with Crippen LogP contribution in [0.15, 0.2) is 47.4 Å².